The maximum Gasteiger partial charge on any atom is 0.170 e. The Labute approximate surface area is 47.7 Å². The Kier molecular flexibility index (Phi) is 0.784. The molecule has 0 aromatic heterocycles. The van der Waals surface area contributed by atoms with Gasteiger partial charge in [-0.15, -0.1) is 0 Å². The minimum Gasteiger partial charge on any atom is -0.477 e. The van der Waals surface area contributed by atoms with Gasteiger partial charge in [-0.25, -0.2) is 4.99 Å². The summed E-state index contributed by atoms with van der Waals surface area (Å²) in [5.41, 5.74) is 0. The summed E-state index contributed by atoms with van der Waals surface area (Å²) in [6.45, 7) is 1.95. The van der Waals surface area contributed by atoms with E-state index >= 15 is 0 Å². The van der Waals surface area contributed by atoms with E-state index in [-0.39, 0.29) is 0 Å². The van der Waals surface area contributed by atoms with E-state index in [0.29, 0.717) is 12.1 Å². The second-order valence-corrected chi connectivity index (χ2v) is 2.15. The molecular weight excluding hydrogens is 104 g/mol. The molecule has 0 amide bonds. The minimum absolute atomic E-state index is 0.343. The smallest absolute Gasteiger partial charge is 0.170 e. The third-order valence-electron chi connectivity index (χ3n) is 1.62. The number of rotatable bonds is 0. The monoisotopic (exact) mass is 112 g/mol. The molecule has 3 heteroatoms. The van der Waals surface area contributed by atoms with E-state index in [1.807, 2.05) is 0 Å². The first-order valence-electron chi connectivity index (χ1n) is 2.84. The second-order valence-electron chi connectivity index (χ2n) is 2.15. The van der Waals surface area contributed by atoms with Crippen LogP contribution in [-0.4, -0.2) is 31.6 Å². The van der Waals surface area contributed by atoms with Gasteiger partial charge in [-0.05, 0) is 0 Å². The van der Waals surface area contributed by atoms with Crippen LogP contribution < -0.4 is 5.32 Å². The van der Waals surface area contributed by atoms with E-state index in [0.717, 1.165) is 13.1 Å². The molecule has 2 rings (SSSR count). The van der Waals surface area contributed by atoms with Crippen LogP contribution >= 0.6 is 0 Å². The first-order chi connectivity index (χ1) is 3.97. The van der Waals surface area contributed by atoms with E-state index in [4.69, 9.17) is 4.74 Å². The number of nitrogens with zero attached hydrogens (tertiary/aromatic N) is 1. The van der Waals surface area contributed by atoms with Crippen LogP contribution in [0, 0.1) is 0 Å². The van der Waals surface area contributed by atoms with Gasteiger partial charge in [0.2, 0.25) is 0 Å². The number of hydrogen-bond donors (Lipinski definition) is 1. The van der Waals surface area contributed by atoms with Crippen LogP contribution in [0.2, 0.25) is 0 Å². The molecule has 2 heterocycles. The number of ether oxygens (including phenoxy) is 1. The van der Waals surface area contributed by atoms with Gasteiger partial charge in [0.05, 0.1) is 0 Å². The molecule has 2 atom stereocenters. The second kappa shape index (κ2) is 1.45. The van der Waals surface area contributed by atoms with Gasteiger partial charge in [0.25, 0.3) is 0 Å². The summed E-state index contributed by atoms with van der Waals surface area (Å²) in [5, 5.41) is 3.19. The third-order valence-corrected chi connectivity index (χ3v) is 1.62. The molecule has 2 aliphatic heterocycles. The van der Waals surface area contributed by atoms with Crippen molar-refractivity contribution in [3.05, 3.63) is 0 Å². The van der Waals surface area contributed by atoms with E-state index in [2.05, 4.69) is 10.3 Å². The first kappa shape index (κ1) is 4.32. The summed E-state index contributed by atoms with van der Waals surface area (Å²) in [6.07, 6.45) is 1.91. The highest BCUT2D eigenvalue weighted by molar-refractivity contribution is 5.50. The summed E-state index contributed by atoms with van der Waals surface area (Å²) >= 11 is 0. The molecular formula is C5H8N2O. The summed E-state index contributed by atoms with van der Waals surface area (Å²) in [6, 6.07) is 0.412. The van der Waals surface area contributed by atoms with Crippen molar-refractivity contribution in [3.63, 3.8) is 0 Å². The van der Waals surface area contributed by atoms with Gasteiger partial charge in [0.15, 0.2) is 6.40 Å². The van der Waals surface area contributed by atoms with E-state index < -0.39 is 0 Å². The molecule has 0 saturated carbocycles. The van der Waals surface area contributed by atoms with Crippen molar-refractivity contribution in [1.29, 1.82) is 0 Å². The van der Waals surface area contributed by atoms with Crippen LogP contribution in [0.4, 0.5) is 0 Å². The topological polar surface area (TPSA) is 33.6 Å². The van der Waals surface area contributed by atoms with Crippen molar-refractivity contribution in [3.8, 4) is 0 Å². The Hall–Kier alpha value is -0.570. The average Bonchev–Trinajstić information content (AvgIpc) is 2.15. The van der Waals surface area contributed by atoms with Crippen LogP contribution in [0.5, 0.6) is 0 Å². The average molecular weight is 112 g/mol. The van der Waals surface area contributed by atoms with Crippen molar-refractivity contribution >= 4 is 6.40 Å². The molecule has 3 nitrogen and oxygen atoms in total. The van der Waals surface area contributed by atoms with Crippen LogP contribution in [0.3, 0.4) is 0 Å². The molecule has 0 spiro atoms. The Bertz CT molecular complexity index is 124. The van der Waals surface area contributed by atoms with Gasteiger partial charge in [-0.3, -0.25) is 0 Å². The molecule has 0 aliphatic carbocycles. The fourth-order valence-corrected chi connectivity index (χ4v) is 1.12. The van der Waals surface area contributed by atoms with Crippen LogP contribution in [-0.2, 0) is 4.74 Å². The van der Waals surface area contributed by atoms with Crippen molar-refractivity contribution in [2.45, 2.75) is 12.1 Å². The fraction of sp³-hybridized carbons (Fsp3) is 0.800. The molecule has 1 N–H and O–H groups in total. The zero-order valence-corrected chi connectivity index (χ0v) is 4.50. The Morgan fingerprint density at radius 3 is 3.50 bits per heavy atom. The third kappa shape index (κ3) is 0.448. The molecule has 1 saturated heterocycles. The van der Waals surface area contributed by atoms with Gasteiger partial charge >= 0.3 is 0 Å². The van der Waals surface area contributed by atoms with E-state index in [1.54, 1.807) is 6.40 Å². The zero-order chi connectivity index (χ0) is 5.40. The van der Waals surface area contributed by atoms with Gasteiger partial charge in [-0.1, -0.05) is 0 Å². The minimum atomic E-state index is 0.343. The highest BCUT2D eigenvalue weighted by atomic mass is 16.5. The lowest BCUT2D eigenvalue weighted by atomic mass is 10.2. The molecule has 0 bridgehead atoms. The lowest BCUT2D eigenvalue weighted by molar-refractivity contribution is 0.234. The number of hydrogen-bond acceptors (Lipinski definition) is 3. The van der Waals surface area contributed by atoms with Gasteiger partial charge in [0, 0.05) is 13.1 Å². The quantitative estimate of drug-likeness (QED) is 0.453. The Morgan fingerprint density at radius 1 is 1.62 bits per heavy atom. The predicted octanol–water partition coefficient (Wildman–Crippen LogP) is -0.615. The van der Waals surface area contributed by atoms with Crippen molar-refractivity contribution in [2.75, 3.05) is 13.1 Å². The summed E-state index contributed by atoms with van der Waals surface area (Å²) in [5.74, 6) is 0. The molecule has 0 aromatic carbocycles. The summed E-state index contributed by atoms with van der Waals surface area (Å²) in [7, 11) is 0. The van der Waals surface area contributed by atoms with E-state index in [1.165, 1.54) is 0 Å². The number of aliphatic imine (C=N–C) groups is 1. The SMILES string of the molecule is C1=NC2CNCC2O1. The molecule has 1 fully saturated rings. The standard InChI is InChI=1S/C5H8N2O/c1-4-5(2-6-1)8-3-7-4/h3-6H,1-2H2. The summed E-state index contributed by atoms with van der Waals surface area (Å²) in [4.78, 5) is 4.09. The van der Waals surface area contributed by atoms with Crippen molar-refractivity contribution in [2.24, 2.45) is 4.99 Å². The van der Waals surface area contributed by atoms with Crippen LogP contribution in [0.15, 0.2) is 4.99 Å². The van der Waals surface area contributed by atoms with Crippen LogP contribution in [0.1, 0.15) is 0 Å². The molecule has 2 aliphatic rings. The normalized spacial score (nSPS) is 42.0. The molecule has 44 valence electrons. The van der Waals surface area contributed by atoms with Gasteiger partial charge in [-0.2, -0.15) is 0 Å². The molecule has 0 aromatic rings. The van der Waals surface area contributed by atoms with Crippen molar-refractivity contribution < 1.29 is 4.74 Å². The predicted molar refractivity (Wildman–Crippen MR) is 30.0 cm³/mol. The molecule has 2 unspecified atom stereocenters. The zero-order valence-electron chi connectivity index (χ0n) is 4.50. The lowest BCUT2D eigenvalue weighted by Crippen LogP contribution is -2.18. The fourth-order valence-electron chi connectivity index (χ4n) is 1.12. The van der Waals surface area contributed by atoms with Gasteiger partial charge in [0.1, 0.15) is 12.1 Å². The Balaban J connectivity index is 2.13. The lowest BCUT2D eigenvalue weighted by Gasteiger charge is -2.02. The first-order valence-corrected chi connectivity index (χ1v) is 2.84. The maximum atomic E-state index is 5.12. The molecule has 0 radical (unpaired) electrons. The Morgan fingerprint density at radius 2 is 2.62 bits per heavy atom. The highest BCUT2D eigenvalue weighted by Crippen LogP contribution is 2.11. The molecule has 8 heavy (non-hydrogen) atoms. The number of fused-ring (bicyclic) bond motifs is 1. The van der Waals surface area contributed by atoms with E-state index in [9.17, 15) is 0 Å². The number of nitrogens with one attached hydrogen (secondary N) is 1. The summed E-state index contributed by atoms with van der Waals surface area (Å²) < 4.78 is 5.12. The maximum absolute atomic E-state index is 5.12. The van der Waals surface area contributed by atoms with Crippen LogP contribution in [0.25, 0.3) is 0 Å². The van der Waals surface area contributed by atoms with Crippen molar-refractivity contribution in [1.82, 2.24) is 5.32 Å². The highest BCUT2D eigenvalue weighted by Gasteiger charge is 2.30. The van der Waals surface area contributed by atoms with Gasteiger partial charge < -0.3 is 10.1 Å². The largest absolute Gasteiger partial charge is 0.477 e.